The van der Waals surface area contributed by atoms with E-state index in [1.165, 1.54) is 23.5 Å². The van der Waals surface area contributed by atoms with E-state index in [2.05, 4.69) is 25.2 Å². The van der Waals surface area contributed by atoms with E-state index in [1.54, 1.807) is 34.9 Å². The molecule has 0 aliphatic rings. The van der Waals surface area contributed by atoms with E-state index in [9.17, 15) is 13.2 Å². The van der Waals surface area contributed by atoms with Gasteiger partial charge in [0.15, 0.2) is 10.1 Å². The van der Waals surface area contributed by atoms with Gasteiger partial charge in [0.05, 0.1) is 21.9 Å². The molecule has 0 atom stereocenters. The number of carbonyl (C=O) groups excluding carboxylic acids is 1. The molecule has 3 aromatic heterocycles. The predicted octanol–water partition coefficient (Wildman–Crippen LogP) is 3.71. The first-order valence-corrected chi connectivity index (χ1v) is 12.2. The van der Waals surface area contributed by atoms with Crippen LogP contribution < -0.4 is 10.0 Å². The molecule has 0 unspecified atom stereocenters. The smallest absolute Gasteiger partial charge is 0.263 e. The van der Waals surface area contributed by atoms with Crippen LogP contribution in [0.3, 0.4) is 0 Å². The van der Waals surface area contributed by atoms with Crippen LogP contribution in [0.2, 0.25) is 0 Å². The predicted molar refractivity (Wildman–Crippen MR) is 115 cm³/mol. The topological polar surface area (TPSA) is 114 Å². The summed E-state index contributed by atoms with van der Waals surface area (Å²) in [7, 11) is -3.71. The van der Waals surface area contributed by atoms with Crippen molar-refractivity contribution in [2.24, 2.45) is 0 Å². The molecule has 2 N–H and O–H groups in total. The van der Waals surface area contributed by atoms with Crippen molar-refractivity contribution in [1.82, 2.24) is 15.2 Å². The number of aromatic nitrogens is 3. The number of nitrogens with one attached hydrogen (secondary N) is 2. The lowest BCUT2D eigenvalue weighted by molar-refractivity contribution is -0.115. The molecule has 4 rings (SSSR count). The van der Waals surface area contributed by atoms with Crippen LogP contribution in [-0.4, -0.2) is 29.5 Å². The third kappa shape index (κ3) is 4.85. The summed E-state index contributed by atoms with van der Waals surface area (Å²) in [6.07, 6.45) is -0.00250. The summed E-state index contributed by atoms with van der Waals surface area (Å²) in [6, 6.07) is 11.9. The summed E-state index contributed by atoms with van der Waals surface area (Å²) in [6.45, 7) is 0. The highest BCUT2D eigenvalue weighted by Crippen LogP contribution is 2.29. The first-order valence-electron chi connectivity index (χ1n) is 8.19. The highest BCUT2D eigenvalue weighted by molar-refractivity contribution is 7.93. The minimum Gasteiger partial charge on any atom is -0.300 e. The highest BCUT2D eigenvalue weighted by atomic mass is 32.2. The summed E-state index contributed by atoms with van der Waals surface area (Å²) in [5.74, 6) is -0.304. The quantitative estimate of drug-likeness (QED) is 0.432. The molecule has 1 aromatic carbocycles. The lowest BCUT2D eigenvalue weighted by atomic mass is 10.3. The summed E-state index contributed by atoms with van der Waals surface area (Å²) in [5, 5.41) is 15.7. The number of thiazole rings is 1. The van der Waals surface area contributed by atoms with Gasteiger partial charge in [0.2, 0.25) is 11.0 Å². The summed E-state index contributed by atoms with van der Waals surface area (Å²) < 4.78 is 27.1. The van der Waals surface area contributed by atoms with Crippen LogP contribution >= 0.6 is 34.0 Å². The van der Waals surface area contributed by atoms with E-state index in [1.807, 2.05) is 17.5 Å². The molecular formula is C17H13N5O3S4. The van der Waals surface area contributed by atoms with Gasteiger partial charge in [-0.05, 0) is 23.6 Å². The number of rotatable bonds is 7. The average Bonchev–Trinajstić information content (AvgIpc) is 3.44. The second kappa shape index (κ2) is 8.37. The van der Waals surface area contributed by atoms with Gasteiger partial charge in [-0.2, -0.15) is 0 Å². The molecule has 148 valence electrons. The Labute approximate surface area is 178 Å². The fourth-order valence-electron chi connectivity index (χ4n) is 2.31. The number of carbonyl (C=O) groups is 1. The maximum absolute atomic E-state index is 12.3. The van der Waals surface area contributed by atoms with Crippen molar-refractivity contribution >= 4 is 60.2 Å². The molecule has 4 aromatic rings. The van der Waals surface area contributed by atoms with Crippen molar-refractivity contribution in [1.29, 1.82) is 0 Å². The van der Waals surface area contributed by atoms with Crippen molar-refractivity contribution in [2.75, 3.05) is 10.0 Å². The third-order valence-electron chi connectivity index (χ3n) is 3.57. The Morgan fingerprint density at radius 2 is 1.83 bits per heavy atom. The van der Waals surface area contributed by atoms with E-state index < -0.39 is 10.0 Å². The van der Waals surface area contributed by atoms with Gasteiger partial charge in [-0.15, -0.1) is 32.9 Å². The van der Waals surface area contributed by atoms with Crippen molar-refractivity contribution in [3.05, 3.63) is 58.9 Å². The third-order valence-corrected chi connectivity index (χ3v) is 7.74. The van der Waals surface area contributed by atoms with Crippen LogP contribution in [0.25, 0.3) is 9.88 Å². The van der Waals surface area contributed by atoms with Crippen molar-refractivity contribution < 1.29 is 13.2 Å². The molecule has 8 nitrogen and oxygen atoms in total. The fraction of sp³-hybridized carbons (Fsp3) is 0.0588. The first kappa shape index (κ1) is 19.6. The van der Waals surface area contributed by atoms with Gasteiger partial charge in [-0.1, -0.05) is 35.6 Å². The molecule has 0 aliphatic heterocycles. The van der Waals surface area contributed by atoms with Crippen LogP contribution in [-0.2, 0) is 21.2 Å². The molecule has 0 radical (unpaired) electrons. The van der Waals surface area contributed by atoms with Crippen molar-refractivity contribution in [3.8, 4) is 9.88 Å². The lowest BCUT2D eigenvalue weighted by Gasteiger charge is -2.04. The van der Waals surface area contributed by atoms with Crippen LogP contribution in [0.5, 0.6) is 0 Å². The van der Waals surface area contributed by atoms with Gasteiger partial charge in [-0.25, -0.2) is 13.4 Å². The average molecular weight is 464 g/mol. The Balaban J connectivity index is 1.37. The monoisotopic (exact) mass is 463 g/mol. The molecule has 1 amide bonds. The van der Waals surface area contributed by atoms with Gasteiger partial charge < -0.3 is 5.32 Å². The Morgan fingerprint density at radius 3 is 2.59 bits per heavy atom. The normalized spacial score (nSPS) is 11.3. The number of hydrogen-bond donors (Lipinski definition) is 2. The van der Waals surface area contributed by atoms with Crippen LogP contribution in [0.15, 0.2) is 58.1 Å². The Morgan fingerprint density at radius 1 is 1.00 bits per heavy atom. The highest BCUT2D eigenvalue weighted by Gasteiger charge is 2.17. The van der Waals surface area contributed by atoms with Gasteiger partial charge >= 0.3 is 0 Å². The fourth-order valence-corrected chi connectivity index (χ4v) is 5.85. The second-order valence-electron chi connectivity index (χ2n) is 5.68. The van der Waals surface area contributed by atoms with E-state index in [4.69, 9.17) is 0 Å². The largest absolute Gasteiger partial charge is 0.300 e. The maximum Gasteiger partial charge on any atom is 0.263 e. The Kier molecular flexibility index (Phi) is 5.67. The molecule has 0 fully saturated rings. The summed E-state index contributed by atoms with van der Waals surface area (Å²) >= 11 is 3.95. The standard InChI is InChI=1S/C17H13N5O3S4/c23-14(19-16-21-20-15(28-16)13-7-4-8-26-13)9-11-10-27-17(18-11)22-29(24,25)12-5-2-1-3-6-12/h1-8,10H,9H2,(H,18,22)(H,19,21,23). The molecule has 0 bridgehead atoms. The number of amides is 1. The minimum atomic E-state index is -3.71. The van der Waals surface area contributed by atoms with Crippen LogP contribution in [0.1, 0.15) is 5.69 Å². The Hall–Kier alpha value is -2.67. The van der Waals surface area contributed by atoms with Crippen LogP contribution in [0, 0.1) is 0 Å². The van der Waals surface area contributed by atoms with E-state index >= 15 is 0 Å². The molecular weight excluding hydrogens is 450 g/mol. The zero-order valence-electron chi connectivity index (χ0n) is 14.6. The molecule has 3 heterocycles. The van der Waals surface area contributed by atoms with Crippen molar-refractivity contribution in [3.63, 3.8) is 0 Å². The number of benzene rings is 1. The molecule has 29 heavy (non-hydrogen) atoms. The van der Waals surface area contributed by atoms with E-state index in [0.717, 1.165) is 21.2 Å². The molecule has 0 saturated heterocycles. The molecule has 0 saturated carbocycles. The number of thiophene rings is 1. The molecule has 12 heteroatoms. The number of anilines is 2. The zero-order chi connectivity index (χ0) is 20.3. The number of sulfonamides is 1. The van der Waals surface area contributed by atoms with Gasteiger partial charge in [0, 0.05) is 5.38 Å². The minimum absolute atomic E-state index is 0.00250. The number of nitrogens with zero attached hydrogens (tertiary/aromatic N) is 3. The lowest BCUT2D eigenvalue weighted by Crippen LogP contribution is -2.15. The summed E-state index contributed by atoms with van der Waals surface area (Å²) in [5.41, 5.74) is 0.459. The van der Waals surface area contributed by atoms with Gasteiger partial charge in [0.1, 0.15) is 0 Å². The molecule has 0 aliphatic carbocycles. The van der Waals surface area contributed by atoms with E-state index in [-0.39, 0.29) is 22.4 Å². The van der Waals surface area contributed by atoms with Gasteiger partial charge in [0.25, 0.3) is 10.0 Å². The van der Waals surface area contributed by atoms with Crippen LogP contribution in [0.4, 0.5) is 10.3 Å². The summed E-state index contributed by atoms with van der Waals surface area (Å²) in [4.78, 5) is 17.6. The zero-order valence-corrected chi connectivity index (χ0v) is 17.9. The Bertz CT molecular complexity index is 1220. The molecule has 0 spiro atoms. The maximum atomic E-state index is 12.3. The van der Waals surface area contributed by atoms with Crippen molar-refractivity contribution in [2.45, 2.75) is 11.3 Å². The first-order chi connectivity index (χ1) is 14.0. The SMILES string of the molecule is O=C(Cc1csc(NS(=O)(=O)c2ccccc2)n1)Nc1nnc(-c2cccs2)s1. The van der Waals surface area contributed by atoms with E-state index in [0.29, 0.717) is 10.8 Å². The second-order valence-corrected chi connectivity index (χ2v) is 10.1. The number of hydrogen-bond acceptors (Lipinski definition) is 9. The van der Waals surface area contributed by atoms with Gasteiger partial charge in [-0.3, -0.25) is 9.52 Å².